The zero-order valence-corrected chi connectivity index (χ0v) is 26.0. The van der Waals surface area contributed by atoms with Crippen molar-refractivity contribution in [3.63, 3.8) is 0 Å². The van der Waals surface area contributed by atoms with Gasteiger partial charge in [0.2, 0.25) is 0 Å². The molecule has 0 amide bonds. The van der Waals surface area contributed by atoms with E-state index in [1.165, 1.54) is 24.7 Å². The number of hydrogen-bond acceptors (Lipinski definition) is 10. The van der Waals surface area contributed by atoms with Gasteiger partial charge in [-0.25, -0.2) is 24.2 Å². The number of ether oxygens (including phenoxy) is 1. The molecule has 0 aromatic carbocycles. The molecule has 0 saturated carbocycles. The molecule has 0 bridgehead atoms. The fourth-order valence-electron chi connectivity index (χ4n) is 3.74. The lowest BCUT2D eigenvalue weighted by molar-refractivity contribution is 0.0228. The van der Waals surface area contributed by atoms with E-state index in [0.29, 0.717) is 5.56 Å². The normalized spacial score (nSPS) is 12.0. The van der Waals surface area contributed by atoms with E-state index in [1.807, 2.05) is 13.8 Å². The summed E-state index contributed by atoms with van der Waals surface area (Å²) >= 11 is 0. The molecule has 242 valence electrons. The van der Waals surface area contributed by atoms with E-state index in [-0.39, 0.29) is 28.9 Å². The summed E-state index contributed by atoms with van der Waals surface area (Å²) < 4.78 is 5.41. The Morgan fingerprint density at radius 2 is 1.09 bits per heavy atom. The summed E-state index contributed by atoms with van der Waals surface area (Å²) in [6.45, 7) is 9.22. The highest BCUT2D eigenvalue weighted by molar-refractivity contribution is 5.89. The van der Waals surface area contributed by atoms with Gasteiger partial charge in [-0.1, -0.05) is 6.07 Å². The average Bonchev–Trinajstić information content (AvgIpc) is 3.03. The maximum absolute atomic E-state index is 11.8. The predicted octanol–water partition coefficient (Wildman–Crippen LogP) is 4.56. The number of hydrogen-bond donors (Lipinski definition) is 4. The molecule has 4 N–H and O–H groups in total. The lowest BCUT2D eigenvalue weighted by Crippen LogP contribution is -2.33. The van der Waals surface area contributed by atoms with Crippen molar-refractivity contribution in [1.29, 1.82) is 0 Å². The van der Waals surface area contributed by atoms with Crippen LogP contribution in [-0.4, -0.2) is 78.3 Å². The van der Waals surface area contributed by atoms with Crippen LogP contribution in [0.25, 0.3) is 0 Å². The number of nitrogens with zero attached hydrogens (tertiary/aromatic N) is 4. The van der Waals surface area contributed by atoms with Crippen LogP contribution in [0.4, 0.5) is 0 Å². The topological polar surface area (TPSA) is 202 Å². The predicted molar refractivity (Wildman–Crippen MR) is 168 cm³/mol. The van der Waals surface area contributed by atoms with Crippen LogP contribution in [0.3, 0.4) is 0 Å². The molecule has 1 aliphatic heterocycles. The fraction of sp³-hybridized carbons (Fsp3) is 0.273. The van der Waals surface area contributed by atoms with E-state index in [4.69, 9.17) is 20.1 Å². The van der Waals surface area contributed by atoms with E-state index in [2.05, 4.69) is 25.3 Å². The summed E-state index contributed by atoms with van der Waals surface area (Å²) in [4.78, 5) is 57.8. The Kier molecular flexibility index (Phi) is 15.1. The minimum absolute atomic E-state index is 0.0502. The third-order valence-corrected chi connectivity index (χ3v) is 6.04. The molecule has 0 spiro atoms. The van der Waals surface area contributed by atoms with Crippen molar-refractivity contribution < 1.29 is 39.2 Å². The molecule has 4 aromatic heterocycles. The standard InChI is InChI=1S/C12H16N2O2.3C7H7NO2/c1-9-6-10(8-14-7-9)12(15)16-11-2-4-13-5-3-11;2*1-5-2-6(7(9)10)4-8-3-5;1-5-2-3-6(7(9)10)8-4-5/h6-8,11,13H,2-5H2,1H3;3*2-4H,1H3,(H,9,10). The summed E-state index contributed by atoms with van der Waals surface area (Å²) in [6, 6.07) is 8.16. The molecule has 0 radical (unpaired) electrons. The fourth-order valence-corrected chi connectivity index (χ4v) is 3.74. The number of carbonyl (C=O) groups is 4. The summed E-state index contributed by atoms with van der Waals surface area (Å²) in [5, 5.41) is 28.6. The van der Waals surface area contributed by atoms with Crippen LogP contribution < -0.4 is 5.32 Å². The molecule has 0 atom stereocenters. The molecule has 5 rings (SSSR count). The highest BCUT2D eigenvalue weighted by Gasteiger charge is 2.18. The van der Waals surface area contributed by atoms with Crippen molar-refractivity contribution in [1.82, 2.24) is 25.3 Å². The van der Waals surface area contributed by atoms with Crippen molar-refractivity contribution in [2.75, 3.05) is 13.1 Å². The molecule has 1 saturated heterocycles. The number of piperidine rings is 1. The summed E-state index contributed by atoms with van der Waals surface area (Å²) in [5.74, 6) is -3.12. The maximum Gasteiger partial charge on any atom is 0.354 e. The lowest BCUT2D eigenvalue weighted by atomic mass is 10.1. The third kappa shape index (κ3) is 13.8. The average molecular weight is 632 g/mol. The quantitative estimate of drug-likeness (QED) is 0.223. The third-order valence-electron chi connectivity index (χ3n) is 6.04. The molecule has 1 fully saturated rings. The number of carboxylic acids is 3. The number of rotatable bonds is 5. The van der Waals surface area contributed by atoms with E-state index < -0.39 is 17.9 Å². The SMILES string of the molecule is Cc1ccc(C(=O)O)nc1.Cc1cncc(C(=O)O)c1.Cc1cncc(C(=O)O)c1.Cc1cncc(C(=O)OC2CCNCC2)c1. The van der Waals surface area contributed by atoms with Gasteiger partial charge in [-0.2, -0.15) is 0 Å². The van der Waals surface area contributed by atoms with Crippen LogP contribution in [0.15, 0.2) is 73.7 Å². The van der Waals surface area contributed by atoms with Gasteiger partial charge in [0.25, 0.3) is 0 Å². The molecular formula is C33H37N5O8. The van der Waals surface area contributed by atoms with E-state index in [1.54, 1.807) is 62.9 Å². The number of aryl methyl sites for hydroxylation is 4. The van der Waals surface area contributed by atoms with Gasteiger partial charge in [0.05, 0.1) is 16.7 Å². The van der Waals surface area contributed by atoms with Crippen LogP contribution >= 0.6 is 0 Å². The molecular weight excluding hydrogens is 594 g/mol. The zero-order chi connectivity index (χ0) is 34.1. The Hall–Kier alpha value is -5.56. The minimum Gasteiger partial charge on any atom is -0.478 e. The second-order valence-corrected chi connectivity index (χ2v) is 10.2. The molecule has 4 aromatic rings. The molecule has 5 heterocycles. The van der Waals surface area contributed by atoms with Gasteiger partial charge in [-0.15, -0.1) is 0 Å². The van der Waals surface area contributed by atoms with Gasteiger partial charge in [0.1, 0.15) is 11.8 Å². The van der Waals surface area contributed by atoms with E-state index in [0.717, 1.165) is 48.2 Å². The lowest BCUT2D eigenvalue weighted by Gasteiger charge is -2.22. The van der Waals surface area contributed by atoms with Crippen LogP contribution in [0.1, 0.15) is 76.7 Å². The first kappa shape index (κ1) is 36.6. The summed E-state index contributed by atoms with van der Waals surface area (Å²) in [5.41, 5.74) is 4.76. The van der Waals surface area contributed by atoms with Crippen molar-refractivity contribution in [3.05, 3.63) is 118 Å². The van der Waals surface area contributed by atoms with E-state index in [9.17, 15) is 19.2 Å². The largest absolute Gasteiger partial charge is 0.478 e. The highest BCUT2D eigenvalue weighted by Crippen LogP contribution is 2.11. The number of aromatic nitrogens is 4. The van der Waals surface area contributed by atoms with Crippen LogP contribution in [0.5, 0.6) is 0 Å². The molecule has 13 nitrogen and oxygen atoms in total. The molecule has 1 aliphatic rings. The van der Waals surface area contributed by atoms with Gasteiger partial charge in [0.15, 0.2) is 0 Å². The first-order valence-corrected chi connectivity index (χ1v) is 14.1. The van der Waals surface area contributed by atoms with Gasteiger partial charge in [-0.05, 0) is 100 Å². The number of nitrogens with one attached hydrogen (secondary N) is 1. The summed E-state index contributed by atoms with van der Waals surface area (Å²) in [6.07, 6.45) is 12.5. The molecule has 46 heavy (non-hydrogen) atoms. The first-order chi connectivity index (χ1) is 21.8. The Morgan fingerprint density at radius 1 is 0.630 bits per heavy atom. The van der Waals surface area contributed by atoms with Crippen molar-refractivity contribution in [3.8, 4) is 0 Å². The van der Waals surface area contributed by atoms with Gasteiger partial charge < -0.3 is 25.4 Å². The Balaban J connectivity index is 0.000000219. The number of esters is 1. The van der Waals surface area contributed by atoms with Crippen LogP contribution in [0.2, 0.25) is 0 Å². The molecule has 0 aliphatic carbocycles. The second-order valence-electron chi connectivity index (χ2n) is 10.2. The Morgan fingerprint density at radius 3 is 1.46 bits per heavy atom. The maximum atomic E-state index is 11.8. The van der Waals surface area contributed by atoms with Gasteiger partial charge >= 0.3 is 23.9 Å². The van der Waals surface area contributed by atoms with Crippen molar-refractivity contribution in [2.45, 2.75) is 46.6 Å². The van der Waals surface area contributed by atoms with E-state index >= 15 is 0 Å². The molecule has 13 heteroatoms. The van der Waals surface area contributed by atoms with Crippen LogP contribution in [-0.2, 0) is 4.74 Å². The first-order valence-electron chi connectivity index (χ1n) is 14.1. The van der Waals surface area contributed by atoms with Crippen LogP contribution in [0, 0.1) is 27.7 Å². The Labute approximate surface area is 266 Å². The number of pyridine rings is 4. The number of aromatic carboxylic acids is 3. The zero-order valence-electron chi connectivity index (χ0n) is 26.0. The monoisotopic (exact) mass is 631 g/mol. The van der Waals surface area contributed by atoms with Crippen molar-refractivity contribution in [2.24, 2.45) is 0 Å². The molecule has 0 unspecified atom stereocenters. The minimum atomic E-state index is -0.986. The smallest absolute Gasteiger partial charge is 0.354 e. The summed E-state index contributed by atoms with van der Waals surface area (Å²) in [7, 11) is 0. The highest BCUT2D eigenvalue weighted by atomic mass is 16.5. The van der Waals surface area contributed by atoms with Gasteiger partial charge in [0, 0.05) is 43.4 Å². The number of carbonyl (C=O) groups excluding carboxylic acids is 1. The Bertz CT molecular complexity index is 1550. The number of carboxylic acid groups (broad SMARTS) is 3. The second kappa shape index (κ2) is 19.0. The van der Waals surface area contributed by atoms with Crippen molar-refractivity contribution >= 4 is 23.9 Å². The van der Waals surface area contributed by atoms with Gasteiger partial charge in [-0.3, -0.25) is 15.0 Å².